The van der Waals surface area contributed by atoms with Crippen molar-refractivity contribution in [1.82, 2.24) is 5.32 Å². The third kappa shape index (κ3) is 6.39. The molecule has 138 valence electrons. The number of esters is 1. The number of ether oxygens (including phenoxy) is 1. The highest BCUT2D eigenvalue weighted by Crippen LogP contribution is 2.30. The smallest absolute Gasteiger partial charge is 0.316 e. The minimum absolute atomic E-state index is 0.0736. The van der Waals surface area contributed by atoms with Crippen molar-refractivity contribution >= 4 is 46.8 Å². The zero-order chi connectivity index (χ0) is 18.4. The Labute approximate surface area is 163 Å². The fraction of sp³-hybridized carbons (Fsp3) is 0.556. The summed E-state index contributed by atoms with van der Waals surface area (Å²) in [4.78, 5) is 24.5. The lowest BCUT2D eigenvalue weighted by Gasteiger charge is -2.34. The number of rotatable bonds is 6. The lowest BCUT2D eigenvalue weighted by atomic mass is 9.78. The molecule has 1 aromatic carbocycles. The Kier molecular flexibility index (Phi) is 7.91. The summed E-state index contributed by atoms with van der Waals surface area (Å²) >= 11 is 13.2. The van der Waals surface area contributed by atoms with E-state index in [2.05, 4.69) is 19.2 Å². The SMILES string of the molecule is CC1CCCC(NC(=O)COC(=O)CSc2cc(Cl)ccc2Cl)C1C. The number of hydrogen-bond donors (Lipinski definition) is 1. The molecule has 25 heavy (non-hydrogen) atoms. The summed E-state index contributed by atoms with van der Waals surface area (Å²) in [7, 11) is 0. The normalized spacial score (nSPS) is 23.1. The Morgan fingerprint density at radius 2 is 2.04 bits per heavy atom. The van der Waals surface area contributed by atoms with E-state index in [0.717, 1.165) is 12.8 Å². The number of halogens is 2. The van der Waals surface area contributed by atoms with Crippen LogP contribution < -0.4 is 5.32 Å². The molecule has 7 heteroatoms. The molecule has 1 aliphatic rings. The minimum Gasteiger partial charge on any atom is -0.455 e. The Morgan fingerprint density at radius 3 is 2.80 bits per heavy atom. The maximum absolute atomic E-state index is 12.0. The maximum Gasteiger partial charge on any atom is 0.316 e. The third-order valence-corrected chi connectivity index (χ3v) is 6.36. The molecule has 0 aromatic heterocycles. The summed E-state index contributed by atoms with van der Waals surface area (Å²) in [6.45, 7) is 4.12. The van der Waals surface area contributed by atoms with Crippen molar-refractivity contribution in [2.24, 2.45) is 11.8 Å². The van der Waals surface area contributed by atoms with Gasteiger partial charge in [-0.15, -0.1) is 11.8 Å². The van der Waals surface area contributed by atoms with E-state index in [-0.39, 0.29) is 24.3 Å². The number of thioether (sulfide) groups is 1. The van der Waals surface area contributed by atoms with Gasteiger partial charge in [-0.3, -0.25) is 9.59 Å². The minimum atomic E-state index is -0.457. The van der Waals surface area contributed by atoms with Gasteiger partial charge < -0.3 is 10.1 Å². The standard InChI is InChI=1S/C18H23Cl2NO3S/c1-11-4-3-5-15(12(11)2)21-17(22)9-24-18(23)10-25-16-8-13(19)6-7-14(16)20/h6-8,11-12,15H,3-5,9-10H2,1-2H3,(H,21,22). The van der Waals surface area contributed by atoms with Crippen molar-refractivity contribution in [3.63, 3.8) is 0 Å². The Balaban J connectivity index is 1.72. The van der Waals surface area contributed by atoms with Crippen LogP contribution in [0.1, 0.15) is 33.1 Å². The third-order valence-electron chi connectivity index (χ3n) is 4.66. The molecule has 4 nitrogen and oxygen atoms in total. The summed E-state index contributed by atoms with van der Waals surface area (Å²) in [5.41, 5.74) is 0. The molecule has 1 aliphatic carbocycles. The van der Waals surface area contributed by atoms with Gasteiger partial charge in [0.15, 0.2) is 6.61 Å². The molecule has 0 bridgehead atoms. The number of nitrogens with one attached hydrogen (secondary N) is 1. The zero-order valence-electron chi connectivity index (χ0n) is 14.4. The van der Waals surface area contributed by atoms with E-state index in [9.17, 15) is 9.59 Å². The molecule has 2 rings (SSSR count). The van der Waals surface area contributed by atoms with E-state index in [1.54, 1.807) is 18.2 Å². The van der Waals surface area contributed by atoms with E-state index < -0.39 is 5.97 Å². The van der Waals surface area contributed by atoms with Crippen molar-refractivity contribution < 1.29 is 14.3 Å². The highest BCUT2D eigenvalue weighted by atomic mass is 35.5. The fourth-order valence-electron chi connectivity index (χ4n) is 2.95. The van der Waals surface area contributed by atoms with Crippen LogP contribution in [0.15, 0.2) is 23.1 Å². The highest BCUT2D eigenvalue weighted by molar-refractivity contribution is 8.00. The van der Waals surface area contributed by atoms with Gasteiger partial charge in [0.2, 0.25) is 0 Å². The first-order valence-corrected chi connectivity index (χ1v) is 10.1. The first-order chi connectivity index (χ1) is 11.9. The largest absolute Gasteiger partial charge is 0.455 e. The second-order valence-corrected chi connectivity index (χ2v) is 8.33. The van der Waals surface area contributed by atoms with Crippen LogP contribution in [-0.2, 0) is 14.3 Å². The van der Waals surface area contributed by atoms with E-state index >= 15 is 0 Å². The van der Waals surface area contributed by atoms with Crippen molar-refractivity contribution in [2.45, 2.75) is 44.0 Å². The van der Waals surface area contributed by atoms with Gasteiger partial charge in [-0.2, -0.15) is 0 Å². The van der Waals surface area contributed by atoms with Crippen molar-refractivity contribution in [3.8, 4) is 0 Å². The maximum atomic E-state index is 12.0. The Hall–Kier alpha value is -0.910. The van der Waals surface area contributed by atoms with Crippen LogP contribution in [0.5, 0.6) is 0 Å². The lowest BCUT2D eigenvalue weighted by molar-refractivity contribution is -0.146. The summed E-state index contributed by atoms with van der Waals surface area (Å²) in [6.07, 6.45) is 3.30. The van der Waals surface area contributed by atoms with Crippen LogP contribution in [0.3, 0.4) is 0 Å². The van der Waals surface area contributed by atoms with Crippen molar-refractivity contribution in [2.75, 3.05) is 12.4 Å². The molecule has 3 unspecified atom stereocenters. The second kappa shape index (κ2) is 9.70. The van der Waals surface area contributed by atoms with Gasteiger partial charge >= 0.3 is 5.97 Å². The van der Waals surface area contributed by atoms with Crippen LogP contribution in [0.4, 0.5) is 0 Å². The number of carbonyl (C=O) groups excluding carboxylic acids is 2. The van der Waals surface area contributed by atoms with Crippen LogP contribution >= 0.6 is 35.0 Å². The Bertz CT molecular complexity index is 626. The monoisotopic (exact) mass is 403 g/mol. The molecular formula is C18H23Cl2NO3S. The zero-order valence-corrected chi connectivity index (χ0v) is 16.7. The molecule has 0 radical (unpaired) electrons. The van der Waals surface area contributed by atoms with Gasteiger partial charge in [0.25, 0.3) is 5.91 Å². The summed E-state index contributed by atoms with van der Waals surface area (Å²) in [6, 6.07) is 5.22. The van der Waals surface area contributed by atoms with Gasteiger partial charge in [0.1, 0.15) is 0 Å². The predicted octanol–water partition coefficient (Wildman–Crippen LogP) is 4.57. The number of amides is 1. The van der Waals surface area contributed by atoms with E-state index in [0.29, 0.717) is 26.8 Å². The van der Waals surface area contributed by atoms with Crippen LogP contribution in [0.2, 0.25) is 10.0 Å². The number of benzene rings is 1. The molecule has 1 fully saturated rings. The van der Waals surface area contributed by atoms with Crippen molar-refractivity contribution in [3.05, 3.63) is 28.2 Å². The number of carbonyl (C=O) groups is 2. The highest BCUT2D eigenvalue weighted by Gasteiger charge is 2.28. The average Bonchev–Trinajstić information content (AvgIpc) is 2.58. The van der Waals surface area contributed by atoms with Crippen LogP contribution in [0.25, 0.3) is 0 Å². The Morgan fingerprint density at radius 1 is 1.28 bits per heavy atom. The van der Waals surface area contributed by atoms with Gasteiger partial charge in [0.05, 0.1) is 10.8 Å². The second-order valence-electron chi connectivity index (χ2n) is 6.47. The summed E-state index contributed by atoms with van der Waals surface area (Å²) in [5.74, 6) is 0.408. The molecule has 0 heterocycles. The topological polar surface area (TPSA) is 55.4 Å². The van der Waals surface area contributed by atoms with E-state index in [4.69, 9.17) is 27.9 Å². The summed E-state index contributed by atoms with van der Waals surface area (Å²) < 4.78 is 5.05. The first-order valence-electron chi connectivity index (χ1n) is 8.39. The molecule has 0 aliphatic heterocycles. The molecular weight excluding hydrogens is 381 g/mol. The molecule has 1 saturated carbocycles. The quantitative estimate of drug-likeness (QED) is 0.558. The van der Waals surface area contributed by atoms with E-state index in [1.807, 2.05) is 0 Å². The lowest BCUT2D eigenvalue weighted by Crippen LogP contribution is -2.45. The molecule has 0 spiro atoms. The van der Waals surface area contributed by atoms with Gasteiger partial charge in [-0.1, -0.05) is 49.9 Å². The molecule has 3 atom stereocenters. The average molecular weight is 404 g/mol. The van der Waals surface area contributed by atoms with Gasteiger partial charge in [-0.05, 0) is 36.5 Å². The van der Waals surface area contributed by atoms with Gasteiger partial charge in [-0.25, -0.2) is 0 Å². The number of hydrogen-bond acceptors (Lipinski definition) is 4. The molecule has 1 aromatic rings. The van der Waals surface area contributed by atoms with Crippen LogP contribution in [0, 0.1) is 11.8 Å². The van der Waals surface area contributed by atoms with Gasteiger partial charge in [0, 0.05) is 16.0 Å². The fourth-order valence-corrected chi connectivity index (χ4v) is 4.24. The summed E-state index contributed by atoms with van der Waals surface area (Å²) in [5, 5.41) is 4.06. The van der Waals surface area contributed by atoms with E-state index in [1.165, 1.54) is 18.2 Å². The molecule has 1 amide bonds. The molecule has 1 N–H and O–H groups in total. The van der Waals surface area contributed by atoms with Crippen molar-refractivity contribution in [1.29, 1.82) is 0 Å². The molecule has 0 saturated heterocycles. The van der Waals surface area contributed by atoms with Crippen LogP contribution in [-0.4, -0.2) is 30.3 Å². The first kappa shape index (κ1) is 20.4. The predicted molar refractivity (Wildman–Crippen MR) is 102 cm³/mol.